The zero-order valence-electron chi connectivity index (χ0n) is 17.1. The van der Waals surface area contributed by atoms with Gasteiger partial charge in [0.15, 0.2) is 6.61 Å². The van der Waals surface area contributed by atoms with Crippen LogP contribution in [0, 0.1) is 24.0 Å². The van der Waals surface area contributed by atoms with Crippen molar-refractivity contribution >= 4 is 17.3 Å². The highest BCUT2D eigenvalue weighted by atomic mass is 19.4. The fourth-order valence-electron chi connectivity index (χ4n) is 3.56. The number of carbonyl (C=O) groups is 1. The molecule has 1 aliphatic heterocycles. The van der Waals surface area contributed by atoms with E-state index >= 15 is 0 Å². The number of ether oxygens (including phenoxy) is 1. The van der Waals surface area contributed by atoms with Gasteiger partial charge < -0.3 is 14.5 Å². The molecular formula is C21H22F3N3O4. The summed E-state index contributed by atoms with van der Waals surface area (Å²) in [7, 11) is 0. The van der Waals surface area contributed by atoms with E-state index in [1.165, 1.54) is 0 Å². The number of piperazine rings is 1. The van der Waals surface area contributed by atoms with Crippen LogP contribution in [0.2, 0.25) is 0 Å². The Morgan fingerprint density at radius 2 is 1.68 bits per heavy atom. The molecule has 0 atom stereocenters. The molecule has 0 aliphatic carbocycles. The number of rotatable bonds is 5. The molecule has 3 rings (SSSR count). The highest BCUT2D eigenvalue weighted by Crippen LogP contribution is 2.36. The van der Waals surface area contributed by atoms with Crippen LogP contribution in [0.5, 0.6) is 5.75 Å². The van der Waals surface area contributed by atoms with Crippen LogP contribution in [0.1, 0.15) is 16.7 Å². The van der Waals surface area contributed by atoms with E-state index in [-0.39, 0.29) is 44.4 Å². The van der Waals surface area contributed by atoms with E-state index in [1.54, 1.807) is 9.80 Å². The predicted octanol–water partition coefficient (Wildman–Crippen LogP) is 3.96. The number of aryl methyl sites for hydroxylation is 2. The maximum Gasteiger partial charge on any atom is 0.416 e. The minimum Gasteiger partial charge on any atom is -0.484 e. The van der Waals surface area contributed by atoms with Gasteiger partial charge in [-0.1, -0.05) is 6.07 Å². The zero-order valence-corrected chi connectivity index (χ0v) is 17.1. The lowest BCUT2D eigenvalue weighted by Crippen LogP contribution is -2.50. The third-order valence-corrected chi connectivity index (χ3v) is 5.03. The third kappa shape index (κ3) is 5.44. The molecule has 1 fully saturated rings. The standard InChI is InChI=1S/C21H22F3N3O4/c1-14-9-15(2)11-17(10-14)31-13-20(28)26-7-5-25(6-8-26)18-4-3-16(21(22,23)24)12-19(18)27(29)30/h3-4,9-12H,5-8,13H2,1-2H3. The van der Waals surface area contributed by atoms with Crippen LogP contribution >= 0.6 is 0 Å². The molecule has 10 heteroatoms. The van der Waals surface area contributed by atoms with E-state index in [0.29, 0.717) is 11.8 Å². The molecule has 0 radical (unpaired) electrons. The van der Waals surface area contributed by atoms with Crippen molar-refractivity contribution in [2.24, 2.45) is 0 Å². The Bertz CT molecular complexity index is 966. The summed E-state index contributed by atoms with van der Waals surface area (Å²) in [5, 5.41) is 11.3. The van der Waals surface area contributed by atoms with Gasteiger partial charge in [-0.05, 0) is 49.2 Å². The summed E-state index contributed by atoms with van der Waals surface area (Å²) in [5.41, 5.74) is 0.480. The molecule has 31 heavy (non-hydrogen) atoms. The minimum absolute atomic E-state index is 0.108. The van der Waals surface area contributed by atoms with E-state index < -0.39 is 22.4 Å². The molecule has 1 aliphatic rings. The third-order valence-electron chi connectivity index (χ3n) is 5.03. The number of nitro groups is 1. The summed E-state index contributed by atoms with van der Waals surface area (Å²) in [6.07, 6.45) is -4.66. The highest BCUT2D eigenvalue weighted by molar-refractivity contribution is 5.78. The quantitative estimate of drug-likeness (QED) is 0.523. The molecule has 1 saturated heterocycles. The van der Waals surface area contributed by atoms with Gasteiger partial charge in [-0.3, -0.25) is 14.9 Å². The summed E-state index contributed by atoms with van der Waals surface area (Å²) >= 11 is 0. The molecule has 0 spiro atoms. The maximum absolute atomic E-state index is 12.9. The van der Waals surface area contributed by atoms with Crippen molar-refractivity contribution in [2.45, 2.75) is 20.0 Å². The fourth-order valence-corrected chi connectivity index (χ4v) is 3.56. The number of amides is 1. The SMILES string of the molecule is Cc1cc(C)cc(OCC(=O)N2CCN(c3ccc(C(F)(F)F)cc3[N+](=O)[O-])CC2)c1. The molecule has 7 nitrogen and oxygen atoms in total. The first-order chi connectivity index (χ1) is 14.5. The molecule has 0 unspecified atom stereocenters. The Morgan fingerprint density at radius 3 is 2.23 bits per heavy atom. The number of halogens is 3. The topological polar surface area (TPSA) is 75.9 Å². The van der Waals surface area contributed by atoms with Crippen LogP contribution in [-0.2, 0) is 11.0 Å². The summed E-state index contributed by atoms with van der Waals surface area (Å²) in [4.78, 5) is 26.2. The number of nitro benzene ring substituents is 1. The molecule has 2 aromatic rings. The number of nitrogens with zero attached hydrogens (tertiary/aromatic N) is 3. The second kappa shape index (κ2) is 8.83. The largest absolute Gasteiger partial charge is 0.484 e. The predicted molar refractivity (Wildman–Crippen MR) is 108 cm³/mol. The number of hydrogen-bond donors (Lipinski definition) is 0. The van der Waals surface area contributed by atoms with E-state index in [1.807, 2.05) is 32.0 Å². The van der Waals surface area contributed by atoms with Crippen molar-refractivity contribution in [1.29, 1.82) is 0 Å². The second-order valence-electron chi connectivity index (χ2n) is 7.44. The Kier molecular flexibility index (Phi) is 6.37. The lowest BCUT2D eigenvalue weighted by Gasteiger charge is -2.35. The first kappa shape index (κ1) is 22.4. The van der Waals surface area contributed by atoms with Crippen molar-refractivity contribution in [2.75, 3.05) is 37.7 Å². The van der Waals surface area contributed by atoms with Crippen molar-refractivity contribution in [3.8, 4) is 5.75 Å². The van der Waals surface area contributed by atoms with Crippen molar-refractivity contribution in [1.82, 2.24) is 4.90 Å². The summed E-state index contributed by atoms with van der Waals surface area (Å²) in [5.74, 6) is 0.380. The van der Waals surface area contributed by atoms with Gasteiger partial charge in [0, 0.05) is 32.2 Å². The van der Waals surface area contributed by atoms with Crippen molar-refractivity contribution in [3.05, 3.63) is 63.2 Å². The molecule has 166 valence electrons. The van der Waals surface area contributed by atoms with Crippen LogP contribution in [-0.4, -0.2) is 48.5 Å². The Hall–Kier alpha value is -3.30. The molecule has 0 N–H and O–H groups in total. The lowest BCUT2D eigenvalue weighted by molar-refractivity contribution is -0.384. The summed E-state index contributed by atoms with van der Waals surface area (Å²) < 4.78 is 44.3. The van der Waals surface area contributed by atoms with Gasteiger partial charge in [-0.15, -0.1) is 0 Å². The molecular weight excluding hydrogens is 415 g/mol. The van der Waals surface area contributed by atoms with Gasteiger partial charge in [0.25, 0.3) is 11.6 Å². The van der Waals surface area contributed by atoms with Crippen LogP contribution in [0.3, 0.4) is 0 Å². The van der Waals surface area contributed by atoms with Crippen LogP contribution in [0.4, 0.5) is 24.5 Å². The van der Waals surface area contributed by atoms with Gasteiger partial charge >= 0.3 is 6.18 Å². The van der Waals surface area contributed by atoms with Gasteiger partial charge in [0.1, 0.15) is 11.4 Å². The van der Waals surface area contributed by atoms with E-state index in [2.05, 4.69) is 0 Å². The Labute approximate surface area is 177 Å². The number of carbonyl (C=O) groups excluding carboxylic acids is 1. The second-order valence-corrected chi connectivity index (χ2v) is 7.44. The molecule has 0 bridgehead atoms. The Morgan fingerprint density at radius 1 is 1.06 bits per heavy atom. The molecule has 1 heterocycles. The number of hydrogen-bond acceptors (Lipinski definition) is 5. The Balaban J connectivity index is 1.62. The number of alkyl halides is 3. The smallest absolute Gasteiger partial charge is 0.416 e. The monoisotopic (exact) mass is 437 g/mol. The average Bonchev–Trinajstić information content (AvgIpc) is 2.70. The van der Waals surface area contributed by atoms with E-state index in [4.69, 9.17) is 4.74 Å². The van der Waals surface area contributed by atoms with Gasteiger partial charge in [0.2, 0.25) is 0 Å². The summed E-state index contributed by atoms with van der Waals surface area (Å²) in [6, 6.07) is 8.15. The zero-order chi connectivity index (χ0) is 22.8. The van der Waals surface area contributed by atoms with Crippen LogP contribution in [0.15, 0.2) is 36.4 Å². The van der Waals surface area contributed by atoms with Crippen LogP contribution < -0.4 is 9.64 Å². The van der Waals surface area contributed by atoms with E-state index in [9.17, 15) is 28.1 Å². The normalized spacial score (nSPS) is 14.5. The maximum atomic E-state index is 12.9. The molecule has 2 aromatic carbocycles. The summed E-state index contributed by atoms with van der Waals surface area (Å²) in [6.45, 7) is 4.83. The first-order valence-corrected chi connectivity index (χ1v) is 9.64. The highest BCUT2D eigenvalue weighted by Gasteiger charge is 2.34. The van der Waals surface area contributed by atoms with Gasteiger partial charge in [-0.25, -0.2) is 0 Å². The minimum atomic E-state index is -4.66. The number of anilines is 1. The fraction of sp³-hybridized carbons (Fsp3) is 0.381. The van der Waals surface area contributed by atoms with Gasteiger partial charge in [0.05, 0.1) is 10.5 Å². The first-order valence-electron chi connectivity index (χ1n) is 9.64. The lowest BCUT2D eigenvalue weighted by atomic mass is 10.1. The molecule has 1 amide bonds. The van der Waals surface area contributed by atoms with E-state index in [0.717, 1.165) is 23.3 Å². The van der Waals surface area contributed by atoms with Gasteiger partial charge in [-0.2, -0.15) is 13.2 Å². The average molecular weight is 437 g/mol. The molecule has 0 saturated carbocycles. The van der Waals surface area contributed by atoms with Crippen molar-refractivity contribution < 1.29 is 27.6 Å². The number of benzene rings is 2. The van der Waals surface area contributed by atoms with Crippen molar-refractivity contribution in [3.63, 3.8) is 0 Å². The van der Waals surface area contributed by atoms with Crippen LogP contribution in [0.25, 0.3) is 0 Å². The molecule has 0 aromatic heterocycles.